The van der Waals surface area contributed by atoms with Crippen molar-refractivity contribution in [2.24, 2.45) is 0 Å². The fourth-order valence-electron chi connectivity index (χ4n) is 5.30. The van der Waals surface area contributed by atoms with Gasteiger partial charge in [0.1, 0.15) is 24.4 Å². The highest BCUT2D eigenvalue weighted by atomic mass is 32.2. The number of aromatic carboxylic acids is 1. The number of anilines is 1. The summed E-state index contributed by atoms with van der Waals surface area (Å²) in [7, 11) is -3.49. The van der Waals surface area contributed by atoms with Crippen molar-refractivity contribution in [1.82, 2.24) is 9.89 Å². The predicted molar refractivity (Wildman–Crippen MR) is 171 cm³/mol. The Kier molecular flexibility index (Phi) is 9.70. The van der Waals surface area contributed by atoms with Crippen LogP contribution in [0, 0.1) is 0 Å². The molecule has 1 heterocycles. The molecule has 0 aromatic heterocycles. The first kappa shape index (κ1) is 31.5. The molecule has 0 radical (unpaired) electrons. The zero-order valence-electron chi connectivity index (χ0n) is 25.0. The fourth-order valence-corrected chi connectivity index (χ4v) is 5.85. The van der Waals surface area contributed by atoms with Crippen LogP contribution in [-0.4, -0.2) is 63.9 Å². The molecule has 0 unspecified atom stereocenters. The molecule has 2 aliphatic rings. The molecule has 226 valence electrons. The average Bonchev–Trinajstić information content (AvgIpc) is 3.00. The number of carboxylic acid groups (broad SMARTS) is 1. The minimum absolute atomic E-state index is 0.0280. The van der Waals surface area contributed by atoms with Crippen LogP contribution < -0.4 is 20.1 Å². The van der Waals surface area contributed by atoms with Crippen LogP contribution in [0.1, 0.15) is 48.4 Å². The van der Waals surface area contributed by atoms with Gasteiger partial charge < -0.3 is 19.7 Å². The van der Waals surface area contributed by atoms with Gasteiger partial charge in [-0.2, -0.15) is 0 Å². The molecule has 1 aliphatic carbocycles. The van der Waals surface area contributed by atoms with E-state index in [1.807, 2.05) is 36.4 Å². The van der Waals surface area contributed by atoms with E-state index >= 15 is 0 Å². The van der Waals surface area contributed by atoms with Gasteiger partial charge in [0.15, 0.2) is 9.84 Å². The molecule has 4 rings (SSSR count). The SMILES string of the molecule is C=CS(=O)(=O)CCNC(=O)c1ccc(C(=O)O)c(-c2c3ccc(=[N+](CC)CC)cc-3oc3cc(N(CC)CC)ccc23)c1. The van der Waals surface area contributed by atoms with Crippen molar-refractivity contribution in [3.63, 3.8) is 0 Å². The summed E-state index contributed by atoms with van der Waals surface area (Å²) in [5.41, 5.74) is 3.50. The van der Waals surface area contributed by atoms with Gasteiger partial charge in [0.2, 0.25) is 5.36 Å². The standard InChI is InChI=1S/C33H37N3O6S/c1-6-35(7-2)23-12-15-26-29(20-23)42-30-21-24(36(8-3)9-4)13-16-27(30)31(26)28-19-22(11-14-25(28)33(38)39)32(37)34-17-18-43(40,41)10-5/h10-16,19-21H,5-9,17-18H2,1-4H3,(H-,34,37,38,39)/p+1. The van der Waals surface area contributed by atoms with Gasteiger partial charge in [-0.1, -0.05) is 6.58 Å². The molecule has 43 heavy (non-hydrogen) atoms. The monoisotopic (exact) mass is 604 g/mol. The van der Waals surface area contributed by atoms with E-state index in [-0.39, 0.29) is 23.4 Å². The van der Waals surface area contributed by atoms with E-state index in [4.69, 9.17) is 4.42 Å². The third-order valence-corrected chi connectivity index (χ3v) is 8.93. The van der Waals surface area contributed by atoms with Crippen molar-refractivity contribution in [2.45, 2.75) is 27.7 Å². The second kappa shape index (κ2) is 13.2. The third-order valence-electron chi connectivity index (χ3n) is 7.65. The topological polar surface area (TPSA) is 120 Å². The smallest absolute Gasteiger partial charge is 0.336 e. The number of benzene rings is 3. The lowest BCUT2D eigenvalue weighted by molar-refractivity contribution is 0.0697. The number of sulfone groups is 1. The van der Waals surface area contributed by atoms with E-state index in [0.717, 1.165) is 42.6 Å². The minimum atomic E-state index is -3.49. The largest absolute Gasteiger partial charge is 0.478 e. The molecule has 9 nitrogen and oxygen atoms in total. The number of fused-ring (bicyclic) bond motifs is 2. The summed E-state index contributed by atoms with van der Waals surface area (Å²) < 4.78 is 32.3. The maximum absolute atomic E-state index is 13.1. The van der Waals surface area contributed by atoms with Gasteiger partial charge in [0.25, 0.3) is 5.91 Å². The Labute approximate surface area is 252 Å². The van der Waals surface area contributed by atoms with Crippen LogP contribution in [0.25, 0.3) is 33.4 Å². The second-order valence-electron chi connectivity index (χ2n) is 10.0. The lowest BCUT2D eigenvalue weighted by atomic mass is 9.89. The summed E-state index contributed by atoms with van der Waals surface area (Å²) in [5.74, 6) is -1.36. The quantitative estimate of drug-likeness (QED) is 0.175. The van der Waals surface area contributed by atoms with Gasteiger partial charge in [-0.25, -0.2) is 17.8 Å². The molecule has 0 fully saturated rings. The van der Waals surface area contributed by atoms with Crippen LogP contribution in [-0.2, 0) is 9.84 Å². The summed E-state index contributed by atoms with van der Waals surface area (Å²) >= 11 is 0. The molecule has 2 aromatic carbocycles. The molecular formula is C33H38N3O6S+. The zero-order chi connectivity index (χ0) is 31.3. The molecule has 1 aliphatic heterocycles. The van der Waals surface area contributed by atoms with Crippen LogP contribution in [0.4, 0.5) is 5.69 Å². The summed E-state index contributed by atoms with van der Waals surface area (Å²) in [6, 6.07) is 16.1. The van der Waals surface area contributed by atoms with E-state index in [9.17, 15) is 23.1 Å². The first-order valence-corrected chi connectivity index (χ1v) is 16.1. The first-order valence-electron chi connectivity index (χ1n) is 14.4. The third kappa shape index (κ3) is 6.64. The van der Waals surface area contributed by atoms with Crippen molar-refractivity contribution in [2.75, 3.05) is 43.4 Å². The first-order chi connectivity index (χ1) is 20.6. The van der Waals surface area contributed by atoms with Crippen LogP contribution in [0.15, 0.2) is 71.0 Å². The van der Waals surface area contributed by atoms with Crippen molar-refractivity contribution >= 4 is 38.4 Å². The summed E-state index contributed by atoms with van der Waals surface area (Å²) in [6.45, 7) is 14.7. The average molecular weight is 605 g/mol. The summed E-state index contributed by atoms with van der Waals surface area (Å²) in [4.78, 5) is 27.8. The highest BCUT2D eigenvalue weighted by Gasteiger charge is 2.24. The highest BCUT2D eigenvalue weighted by Crippen LogP contribution is 2.42. The molecule has 0 bridgehead atoms. The molecule has 2 aromatic rings. The molecule has 0 saturated carbocycles. The van der Waals surface area contributed by atoms with Crippen molar-refractivity contribution in [1.29, 1.82) is 0 Å². The van der Waals surface area contributed by atoms with E-state index in [1.54, 1.807) is 6.07 Å². The maximum Gasteiger partial charge on any atom is 0.336 e. The number of hydrogen-bond acceptors (Lipinski definition) is 6. The Bertz CT molecular complexity index is 1830. The normalized spacial score (nSPS) is 11.4. The Balaban J connectivity index is 2.00. The van der Waals surface area contributed by atoms with Crippen LogP contribution >= 0.6 is 0 Å². The number of carboxylic acids is 1. The number of hydrogen-bond donors (Lipinski definition) is 2. The molecule has 0 saturated heterocycles. The summed E-state index contributed by atoms with van der Waals surface area (Å²) in [6.07, 6.45) is 0. The maximum atomic E-state index is 13.1. The number of carbonyl (C=O) groups excluding carboxylic acids is 1. The van der Waals surface area contributed by atoms with E-state index in [0.29, 0.717) is 33.4 Å². The number of nitrogens with zero attached hydrogens (tertiary/aromatic N) is 2. The lowest BCUT2D eigenvalue weighted by Crippen LogP contribution is -2.29. The van der Waals surface area contributed by atoms with Crippen molar-refractivity contribution < 1.29 is 27.5 Å². The van der Waals surface area contributed by atoms with Gasteiger partial charge in [-0.3, -0.25) is 4.79 Å². The molecule has 0 atom stereocenters. The Morgan fingerprint density at radius 3 is 2.33 bits per heavy atom. The number of rotatable bonds is 12. The predicted octanol–water partition coefficient (Wildman–Crippen LogP) is 4.85. The fraction of sp³-hybridized carbons (Fsp3) is 0.303. The van der Waals surface area contributed by atoms with Gasteiger partial charge >= 0.3 is 5.97 Å². The van der Waals surface area contributed by atoms with E-state index in [1.165, 1.54) is 12.1 Å². The van der Waals surface area contributed by atoms with Gasteiger partial charge in [0, 0.05) is 64.9 Å². The van der Waals surface area contributed by atoms with Crippen LogP contribution in [0.3, 0.4) is 0 Å². The Morgan fingerprint density at radius 2 is 1.70 bits per heavy atom. The van der Waals surface area contributed by atoms with Crippen LogP contribution in [0.2, 0.25) is 0 Å². The molecule has 0 spiro atoms. The lowest BCUT2D eigenvalue weighted by Gasteiger charge is -2.22. The molecular weight excluding hydrogens is 566 g/mol. The van der Waals surface area contributed by atoms with Gasteiger partial charge in [-0.15, -0.1) is 0 Å². The van der Waals surface area contributed by atoms with Crippen molar-refractivity contribution in [3.05, 3.63) is 83.1 Å². The number of nitrogens with one attached hydrogen (secondary N) is 1. The summed E-state index contributed by atoms with van der Waals surface area (Å²) in [5, 5.41) is 15.4. The Morgan fingerprint density at radius 1 is 0.977 bits per heavy atom. The second-order valence-corrected chi connectivity index (χ2v) is 12.1. The van der Waals surface area contributed by atoms with E-state index in [2.05, 4.69) is 49.1 Å². The minimum Gasteiger partial charge on any atom is -0.478 e. The van der Waals surface area contributed by atoms with Gasteiger partial charge in [-0.05, 0) is 69.7 Å². The molecule has 10 heteroatoms. The zero-order valence-corrected chi connectivity index (χ0v) is 25.8. The molecule has 2 N–H and O–H groups in total. The number of carbonyl (C=O) groups is 2. The van der Waals surface area contributed by atoms with E-state index < -0.39 is 21.7 Å². The van der Waals surface area contributed by atoms with Gasteiger partial charge in [0.05, 0.1) is 17.4 Å². The highest BCUT2D eigenvalue weighted by molar-refractivity contribution is 7.94. The molecule has 1 amide bonds. The Hall–Kier alpha value is -4.44. The number of amides is 1. The van der Waals surface area contributed by atoms with Crippen molar-refractivity contribution in [3.8, 4) is 22.5 Å². The van der Waals surface area contributed by atoms with Crippen LogP contribution in [0.5, 0.6) is 0 Å².